The van der Waals surface area contributed by atoms with Crippen LogP contribution < -0.4 is 0 Å². The summed E-state index contributed by atoms with van der Waals surface area (Å²) in [6.45, 7) is 3.51. The number of benzene rings is 1. The second kappa shape index (κ2) is 6.58. The van der Waals surface area contributed by atoms with E-state index in [2.05, 4.69) is 11.9 Å². The van der Waals surface area contributed by atoms with Crippen molar-refractivity contribution in [3.05, 3.63) is 47.1 Å². The standard InChI is InChI=1S/C17H19FN2OS/c1-19-8-10-20(11-9-19)17(21)12-15-6-7-16(22-15)13-2-4-14(18)5-3-13/h2-7H,8-12H2,1H3. The quantitative estimate of drug-likeness (QED) is 0.869. The molecule has 0 radical (unpaired) electrons. The number of hydrogen-bond donors (Lipinski definition) is 0. The molecule has 0 unspecified atom stereocenters. The highest BCUT2D eigenvalue weighted by Gasteiger charge is 2.19. The molecule has 0 atom stereocenters. The van der Waals surface area contributed by atoms with Crippen molar-refractivity contribution in [2.24, 2.45) is 0 Å². The monoisotopic (exact) mass is 318 g/mol. The van der Waals surface area contributed by atoms with Crippen LogP contribution in [-0.4, -0.2) is 48.9 Å². The second-order valence-corrected chi connectivity index (χ2v) is 6.80. The third-order valence-corrected chi connectivity index (χ3v) is 5.11. The van der Waals surface area contributed by atoms with Gasteiger partial charge in [-0.1, -0.05) is 12.1 Å². The molecule has 5 heteroatoms. The molecule has 1 aromatic heterocycles. The SMILES string of the molecule is CN1CCN(C(=O)Cc2ccc(-c3ccc(F)cc3)s2)CC1. The van der Waals surface area contributed by atoms with Crippen LogP contribution in [0.1, 0.15) is 4.88 Å². The first-order chi connectivity index (χ1) is 10.6. The van der Waals surface area contributed by atoms with Crippen molar-refractivity contribution < 1.29 is 9.18 Å². The zero-order chi connectivity index (χ0) is 15.5. The van der Waals surface area contributed by atoms with Gasteiger partial charge in [-0.3, -0.25) is 4.79 Å². The molecule has 1 aromatic carbocycles. The Kier molecular flexibility index (Phi) is 4.55. The lowest BCUT2D eigenvalue weighted by Crippen LogP contribution is -2.47. The predicted octanol–water partition coefficient (Wildman–Crippen LogP) is 2.87. The van der Waals surface area contributed by atoms with Crippen molar-refractivity contribution in [2.75, 3.05) is 33.2 Å². The number of carbonyl (C=O) groups excluding carboxylic acids is 1. The Morgan fingerprint density at radius 1 is 1.09 bits per heavy atom. The minimum absolute atomic E-state index is 0.195. The molecule has 3 nitrogen and oxygen atoms in total. The summed E-state index contributed by atoms with van der Waals surface area (Å²) in [5.74, 6) is -0.0358. The first kappa shape index (κ1) is 15.2. The van der Waals surface area contributed by atoms with Crippen LogP contribution in [0.15, 0.2) is 36.4 Å². The number of hydrogen-bond acceptors (Lipinski definition) is 3. The number of amides is 1. The molecule has 1 aliphatic rings. The second-order valence-electron chi connectivity index (χ2n) is 5.63. The summed E-state index contributed by atoms with van der Waals surface area (Å²) in [7, 11) is 2.08. The van der Waals surface area contributed by atoms with Crippen LogP contribution in [0.2, 0.25) is 0 Å². The molecule has 1 fully saturated rings. The summed E-state index contributed by atoms with van der Waals surface area (Å²) in [5, 5.41) is 0. The summed E-state index contributed by atoms with van der Waals surface area (Å²) in [6, 6.07) is 10.5. The normalized spacial score (nSPS) is 16.0. The van der Waals surface area contributed by atoms with Crippen molar-refractivity contribution >= 4 is 17.2 Å². The molecule has 22 heavy (non-hydrogen) atoms. The summed E-state index contributed by atoms with van der Waals surface area (Å²) in [4.78, 5) is 18.6. The zero-order valence-electron chi connectivity index (χ0n) is 12.6. The van der Waals surface area contributed by atoms with E-state index in [4.69, 9.17) is 0 Å². The molecule has 0 N–H and O–H groups in total. The van der Waals surface area contributed by atoms with Crippen LogP contribution in [0.5, 0.6) is 0 Å². The molecule has 0 bridgehead atoms. The first-order valence-electron chi connectivity index (χ1n) is 7.43. The van der Waals surface area contributed by atoms with Gasteiger partial charge in [-0.15, -0.1) is 11.3 Å². The average molecular weight is 318 g/mol. The highest BCUT2D eigenvalue weighted by Crippen LogP contribution is 2.28. The van der Waals surface area contributed by atoms with Gasteiger partial charge < -0.3 is 9.80 Å². The fourth-order valence-corrected chi connectivity index (χ4v) is 3.56. The molecule has 0 aliphatic carbocycles. The van der Waals surface area contributed by atoms with E-state index in [-0.39, 0.29) is 11.7 Å². The van der Waals surface area contributed by atoms with E-state index in [0.717, 1.165) is 41.5 Å². The van der Waals surface area contributed by atoms with Crippen LogP contribution in [-0.2, 0) is 11.2 Å². The maximum absolute atomic E-state index is 13.0. The number of thiophene rings is 1. The van der Waals surface area contributed by atoms with Gasteiger partial charge in [0.25, 0.3) is 0 Å². The van der Waals surface area contributed by atoms with Crippen molar-refractivity contribution in [3.63, 3.8) is 0 Å². The summed E-state index contributed by atoms with van der Waals surface area (Å²) >= 11 is 1.60. The van der Waals surface area contributed by atoms with Crippen molar-refractivity contribution in [2.45, 2.75) is 6.42 Å². The van der Waals surface area contributed by atoms with E-state index in [1.54, 1.807) is 23.5 Å². The van der Waals surface area contributed by atoms with E-state index >= 15 is 0 Å². The highest BCUT2D eigenvalue weighted by molar-refractivity contribution is 7.15. The molecule has 1 amide bonds. The molecule has 116 valence electrons. The van der Waals surface area contributed by atoms with Gasteiger partial charge in [0.15, 0.2) is 0 Å². The zero-order valence-corrected chi connectivity index (χ0v) is 13.4. The third-order valence-electron chi connectivity index (χ3n) is 3.97. The maximum atomic E-state index is 13.0. The molecule has 2 heterocycles. The van der Waals surface area contributed by atoms with Crippen molar-refractivity contribution in [1.29, 1.82) is 0 Å². The van der Waals surface area contributed by atoms with Crippen LogP contribution >= 0.6 is 11.3 Å². The Balaban J connectivity index is 1.64. The van der Waals surface area contributed by atoms with Crippen LogP contribution in [0.25, 0.3) is 10.4 Å². The molecule has 2 aromatic rings. The lowest BCUT2D eigenvalue weighted by molar-refractivity contribution is -0.131. The maximum Gasteiger partial charge on any atom is 0.227 e. The van der Waals surface area contributed by atoms with E-state index in [0.29, 0.717) is 6.42 Å². The van der Waals surface area contributed by atoms with E-state index in [1.807, 2.05) is 17.0 Å². The lowest BCUT2D eigenvalue weighted by Gasteiger charge is -2.32. The van der Waals surface area contributed by atoms with Crippen LogP contribution in [0.4, 0.5) is 4.39 Å². The molecular weight excluding hydrogens is 299 g/mol. The minimum atomic E-state index is -0.231. The fourth-order valence-electron chi connectivity index (χ4n) is 2.56. The molecule has 1 aliphatic heterocycles. The van der Waals surface area contributed by atoms with Gasteiger partial charge in [0.2, 0.25) is 5.91 Å². The largest absolute Gasteiger partial charge is 0.340 e. The number of carbonyl (C=O) groups is 1. The molecule has 0 spiro atoms. The van der Waals surface area contributed by atoms with Gasteiger partial charge in [-0.2, -0.15) is 0 Å². The topological polar surface area (TPSA) is 23.6 Å². The minimum Gasteiger partial charge on any atom is -0.340 e. The number of likely N-dealkylation sites (N-methyl/N-ethyl adjacent to an activating group) is 1. The number of piperazine rings is 1. The van der Waals surface area contributed by atoms with Crippen LogP contribution in [0, 0.1) is 5.82 Å². The Bertz CT molecular complexity index is 645. The van der Waals surface area contributed by atoms with Gasteiger partial charge in [0.1, 0.15) is 5.82 Å². The summed E-state index contributed by atoms with van der Waals surface area (Å²) in [6.07, 6.45) is 0.454. The smallest absolute Gasteiger partial charge is 0.227 e. The number of rotatable bonds is 3. The Morgan fingerprint density at radius 3 is 2.45 bits per heavy atom. The van der Waals surface area contributed by atoms with Crippen molar-refractivity contribution in [1.82, 2.24) is 9.80 Å². The van der Waals surface area contributed by atoms with E-state index in [9.17, 15) is 9.18 Å². The van der Waals surface area contributed by atoms with Gasteiger partial charge in [0, 0.05) is 35.9 Å². The Labute approximate surface area is 134 Å². The molecular formula is C17H19FN2OS. The summed E-state index contributed by atoms with van der Waals surface area (Å²) in [5.41, 5.74) is 0.990. The third kappa shape index (κ3) is 3.54. The highest BCUT2D eigenvalue weighted by atomic mass is 32.1. The fraction of sp³-hybridized carbons (Fsp3) is 0.353. The van der Waals surface area contributed by atoms with Gasteiger partial charge >= 0.3 is 0 Å². The molecule has 1 saturated heterocycles. The molecule has 0 saturated carbocycles. The first-order valence-corrected chi connectivity index (χ1v) is 8.24. The summed E-state index contributed by atoms with van der Waals surface area (Å²) < 4.78 is 13.0. The predicted molar refractivity (Wildman–Crippen MR) is 87.5 cm³/mol. The molecule has 3 rings (SSSR count). The lowest BCUT2D eigenvalue weighted by atomic mass is 10.2. The number of halogens is 1. The van der Waals surface area contributed by atoms with Gasteiger partial charge in [-0.05, 0) is 36.9 Å². The van der Waals surface area contributed by atoms with E-state index < -0.39 is 0 Å². The Hall–Kier alpha value is -1.72. The Morgan fingerprint density at radius 2 is 1.77 bits per heavy atom. The average Bonchev–Trinajstić information content (AvgIpc) is 2.97. The number of nitrogens with zero attached hydrogens (tertiary/aromatic N) is 2. The van der Waals surface area contributed by atoms with Gasteiger partial charge in [-0.25, -0.2) is 4.39 Å². The van der Waals surface area contributed by atoms with Gasteiger partial charge in [0.05, 0.1) is 6.42 Å². The van der Waals surface area contributed by atoms with Crippen LogP contribution in [0.3, 0.4) is 0 Å². The van der Waals surface area contributed by atoms with Crippen molar-refractivity contribution in [3.8, 4) is 10.4 Å². The van der Waals surface area contributed by atoms with E-state index in [1.165, 1.54) is 12.1 Å².